The summed E-state index contributed by atoms with van der Waals surface area (Å²) in [6.45, 7) is 4.55. The van der Waals surface area contributed by atoms with Crippen LogP contribution < -0.4 is 5.32 Å². The van der Waals surface area contributed by atoms with Crippen molar-refractivity contribution in [1.82, 2.24) is 5.32 Å². The van der Waals surface area contributed by atoms with Gasteiger partial charge in [0.1, 0.15) is 0 Å². The Balaban J connectivity index is 1.79. The zero-order valence-electron chi connectivity index (χ0n) is 12.1. The van der Waals surface area contributed by atoms with Gasteiger partial charge in [0.2, 0.25) is 5.91 Å². The quantitative estimate of drug-likeness (QED) is 0.806. The van der Waals surface area contributed by atoms with Gasteiger partial charge in [0, 0.05) is 15.4 Å². The predicted octanol–water partition coefficient (Wildman–Crippen LogP) is 4.48. The molecule has 1 fully saturated rings. The summed E-state index contributed by atoms with van der Waals surface area (Å²) in [6.07, 6.45) is 3.65. The molecule has 0 radical (unpaired) electrons. The lowest BCUT2D eigenvalue weighted by atomic mass is 9.78. The maximum atomic E-state index is 12.1. The number of nitrogens with one attached hydrogen (secondary N) is 1. The van der Waals surface area contributed by atoms with E-state index in [-0.39, 0.29) is 5.91 Å². The Bertz CT molecular complexity index is 448. The first-order valence-electron chi connectivity index (χ1n) is 7.24. The molecule has 0 aliphatic heterocycles. The van der Waals surface area contributed by atoms with E-state index >= 15 is 0 Å². The number of thioether (sulfide) groups is 1. The zero-order chi connectivity index (χ0) is 14.5. The van der Waals surface area contributed by atoms with E-state index in [9.17, 15) is 4.79 Å². The first-order valence-corrected chi connectivity index (χ1v) is 9.02. The molecular weight excluding hydrogens is 334 g/mol. The summed E-state index contributed by atoms with van der Waals surface area (Å²) in [7, 11) is 0. The van der Waals surface area contributed by atoms with Gasteiger partial charge in [-0.2, -0.15) is 0 Å². The van der Waals surface area contributed by atoms with E-state index in [1.165, 1.54) is 12.8 Å². The van der Waals surface area contributed by atoms with Gasteiger partial charge in [-0.25, -0.2) is 0 Å². The normalized spacial score (nSPS) is 26.2. The highest BCUT2D eigenvalue weighted by Crippen LogP contribution is 2.29. The predicted molar refractivity (Wildman–Crippen MR) is 89.0 cm³/mol. The van der Waals surface area contributed by atoms with Crippen molar-refractivity contribution in [3.05, 3.63) is 28.7 Å². The lowest BCUT2D eigenvalue weighted by molar-refractivity contribution is -0.119. The fraction of sp³-hybridized carbons (Fsp3) is 0.562. The molecule has 1 aliphatic carbocycles. The molecule has 0 unspecified atom stereocenters. The second-order valence-corrected chi connectivity index (χ2v) is 7.65. The second kappa shape index (κ2) is 7.51. The third-order valence-corrected chi connectivity index (χ3v) is 5.78. The van der Waals surface area contributed by atoms with E-state index in [0.29, 0.717) is 23.6 Å². The first-order chi connectivity index (χ1) is 9.56. The van der Waals surface area contributed by atoms with Crippen molar-refractivity contribution in [2.75, 3.05) is 5.75 Å². The summed E-state index contributed by atoms with van der Waals surface area (Å²) in [5.74, 6) is 1.96. The summed E-state index contributed by atoms with van der Waals surface area (Å²) in [4.78, 5) is 13.2. The van der Waals surface area contributed by atoms with E-state index in [1.54, 1.807) is 11.8 Å². The van der Waals surface area contributed by atoms with Crippen LogP contribution in [-0.2, 0) is 4.79 Å². The van der Waals surface area contributed by atoms with Crippen molar-refractivity contribution in [1.29, 1.82) is 0 Å². The van der Waals surface area contributed by atoms with E-state index < -0.39 is 0 Å². The van der Waals surface area contributed by atoms with Crippen molar-refractivity contribution >= 4 is 33.6 Å². The molecule has 0 spiro atoms. The van der Waals surface area contributed by atoms with Gasteiger partial charge in [0.05, 0.1) is 5.75 Å². The number of benzene rings is 1. The first kappa shape index (κ1) is 15.9. The van der Waals surface area contributed by atoms with Gasteiger partial charge in [-0.15, -0.1) is 11.8 Å². The largest absolute Gasteiger partial charge is 0.352 e. The molecule has 20 heavy (non-hydrogen) atoms. The van der Waals surface area contributed by atoms with Gasteiger partial charge in [-0.1, -0.05) is 42.6 Å². The van der Waals surface area contributed by atoms with Gasteiger partial charge in [-0.05, 0) is 42.5 Å². The van der Waals surface area contributed by atoms with Gasteiger partial charge < -0.3 is 5.32 Å². The number of carbonyl (C=O) groups excluding carboxylic acids is 1. The summed E-state index contributed by atoms with van der Waals surface area (Å²) in [5, 5.41) is 3.21. The van der Waals surface area contributed by atoms with Crippen LogP contribution >= 0.6 is 27.7 Å². The molecule has 0 heterocycles. The number of rotatable bonds is 4. The standard InChI is InChI=1S/C16H22BrNOS/c1-11-4-3-5-15(12(11)2)18-16(19)10-20-14-8-6-13(17)7-9-14/h6-9,11-12,15H,3-5,10H2,1-2H3,(H,18,19)/t11-,12+,15-/m0/s1. The van der Waals surface area contributed by atoms with Crippen molar-refractivity contribution in [3.8, 4) is 0 Å². The van der Waals surface area contributed by atoms with Crippen LogP contribution in [0.2, 0.25) is 0 Å². The van der Waals surface area contributed by atoms with E-state index in [0.717, 1.165) is 15.8 Å². The SMILES string of the molecule is C[C@H]1[C@@H](NC(=O)CSc2ccc(Br)cc2)CCC[C@@H]1C. The lowest BCUT2D eigenvalue weighted by Gasteiger charge is -2.34. The molecule has 2 rings (SSSR count). The van der Waals surface area contributed by atoms with Crippen molar-refractivity contribution in [3.63, 3.8) is 0 Å². The topological polar surface area (TPSA) is 29.1 Å². The van der Waals surface area contributed by atoms with Crippen molar-refractivity contribution < 1.29 is 4.79 Å². The van der Waals surface area contributed by atoms with E-state index in [4.69, 9.17) is 0 Å². The number of hydrogen-bond donors (Lipinski definition) is 1. The van der Waals surface area contributed by atoms with Gasteiger partial charge in [0.25, 0.3) is 0 Å². The minimum Gasteiger partial charge on any atom is -0.352 e. The maximum absolute atomic E-state index is 12.1. The fourth-order valence-corrected chi connectivity index (χ4v) is 3.69. The maximum Gasteiger partial charge on any atom is 0.230 e. The average molecular weight is 356 g/mol. The number of carbonyl (C=O) groups is 1. The molecule has 0 aromatic heterocycles. The monoisotopic (exact) mass is 355 g/mol. The molecule has 1 N–H and O–H groups in total. The van der Waals surface area contributed by atoms with Crippen LogP contribution in [0.5, 0.6) is 0 Å². The highest BCUT2D eigenvalue weighted by Gasteiger charge is 2.27. The lowest BCUT2D eigenvalue weighted by Crippen LogP contribution is -2.44. The van der Waals surface area contributed by atoms with Gasteiger partial charge in [-0.3, -0.25) is 4.79 Å². The highest BCUT2D eigenvalue weighted by atomic mass is 79.9. The van der Waals surface area contributed by atoms with Crippen molar-refractivity contribution in [2.45, 2.75) is 44.0 Å². The molecule has 1 aromatic carbocycles. The second-order valence-electron chi connectivity index (χ2n) is 5.68. The summed E-state index contributed by atoms with van der Waals surface area (Å²) >= 11 is 5.01. The molecule has 1 aliphatic rings. The number of hydrogen-bond acceptors (Lipinski definition) is 2. The minimum absolute atomic E-state index is 0.156. The van der Waals surface area contributed by atoms with E-state index in [2.05, 4.69) is 35.1 Å². The van der Waals surface area contributed by atoms with Crippen LogP contribution in [0.4, 0.5) is 0 Å². The van der Waals surface area contributed by atoms with Crippen LogP contribution in [0, 0.1) is 11.8 Å². The highest BCUT2D eigenvalue weighted by molar-refractivity contribution is 9.10. The molecular formula is C16H22BrNOS. The third-order valence-electron chi connectivity index (χ3n) is 4.24. The third kappa shape index (κ3) is 4.52. The Kier molecular flexibility index (Phi) is 5.97. The van der Waals surface area contributed by atoms with Crippen LogP contribution in [0.25, 0.3) is 0 Å². The molecule has 1 aromatic rings. The Labute approximate surface area is 134 Å². The van der Waals surface area contributed by atoms with Crippen LogP contribution in [-0.4, -0.2) is 17.7 Å². The minimum atomic E-state index is 0.156. The zero-order valence-corrected chi connectivity index (χ0v) is 14.5. The Morgan fingerprint density at radius 2 is 2.00 bits per heavy atom. The summed E-state index contributed by atoms with van der Waals surface area (Å²) < 4.78 is 1.07. The molecule has 0 bridgehead atoms. The molecule has 2 nitrogen and oxygen atoms in total. The fourth-order valence-electron chi connectivity index (χ4n) is 2.71. The van der Waals surface area contributed by atoms with Crippen LogP contribution in [0.3, 0.4) is 0 Å². The molecule has 3 atom stereocenters. The number of halogens is 1. The Morgan fingerprint density at radius 3 is 2.70 bits per heavy atom. The summed E-state index contributed by atoms with van der Waals surface area (Å²) in [5.41, 5.74) is 0. The molecule has 1 saturated carbocycles. The average Bonchev–Trinajstić information content (AvgIpc) is 2.43. The van der Waals surface area contributed by atoms with Gasteiger partial charge in [0.15, 0.2) is 0 Å². The smallest absolute Gasteiger partial charge is 0.230 e. The van der Waals surface area contributed by atoms with Crippen LogP contribution in [0.1, 0.15) is 33.1 Å². The Hall–Kier alpha value is -0.480. The molecule has 1 amide bonds. The Morgan fingerprint density at radius 1 is 1.30 bits per heavy atom. The molecule has 4 heteroatoms. The van der Waals surface area contributed by atoms with Crippen molar-refractivity contribution in [2.24, 2.45) is 11.8 Å². The van der Waals surface area contributed by atoms with Crippen LogP contribution in [0.15, 0.2) is 33.6 Å². The summed E-state index contributed by atoms with van der Waals surface area (Å²) in [6, 6.07) is 8.44. The molecule has 110 valence electrons. The number of amides is 1. The van der Waals surface area contributed by atoms with Gasteiger partial charge >= 0.3 is 0 Å². The van der Waals surface area contributed by atoms with E-state index in [1.807, 2.05) is 24.3 Å². The molecule has 0 saturated heterocycles.